The van der Waals surface area contributed by atoms with Gasteiger partial charge in [-0.1, -0.05) is 13.8 Å². The van der Waals surface area contributed by atoms with Crippen molar-refractivity contribution in [1.82, 2.24) is 9.88 Å². The van der Waals surface area contributed by atoms with E-state index in [0.29, 0.717) is 17.4 Å². The number of hydrogen-bond acceptors (Lipinski definition) is 5. The Labute approximate surface area is 159 Å². The number of thiazole rings is 1. The second kappa shape index (κ2) is 10.9. The molecular weight excluding hydrogens is 371 g/mol. The Balaban J connectivity index is 0.00000264. The number of piperidine rings is 1. The van der Waals surface area contributed by atoms with Gasteiger partial charge in [-0.05, 0) is 19.3 Å². The Morgan fingerprint density at radius 2 is 2.12 bits per heavy atom. The molecule has 2 rings (SSSR count). The predicted molar refractivity (Wildman–Crippen MR) is 102 cm³/mol. The molecule has 1 aromatic rings. The van der Waals surface area contributed by atoms with E-state index in [4.69, 9.17) is 5.73 Å². The average molecular weight is 397 g/mol. The number of carbonyl (C=O) groups excluding carboxylic acids is 2. The lowest BCUT2D eigenvalue weighted by atomic mass is 10.0. The summed E-state index contributed by atoms with van der Waals surface area (Å²) in [5, 5.41) is 5.14. The van der Waals surface area contributed by atoms with Crippen LogP contribution in [0.4, 0.5) is 5.13 Å². The number of amides is 2. The Bertz CT molecular complexity index is 539. The van der Waals surface area contributed by atoms with Crippen LogP contribution < -0.4 is 11.1 Å². The van der Waals surface area contributed by atoms with E-state index in [9.17, 15) is 9.59 Å². The van der Waals surface area contributed by atoms with E-state index in [2.05, 4.69) is 10.3 Å². The molecular formula is C15H26Cl2N4O2S. The summed E-state index contributed by atoms with van der Waals surface area (Å²) in [6.45, 7) is 4.95. The number of rotatable bonds is 5. The first-order valence-corrected chi connectivity index (χ1v) is 8.64. The molecule has 1 saturated heterocycles. The third-order valence-corrected chi connectivity index (χ3v) is 4.66. The summed E-state index contributed by atoms with van der Waals surface area (Å²) < 4.78 is 0. The van der Waals surface area contributed by atoms with Crippen molar-refractivity contribution in [3.8, 4) is 0 Å². The maximum atomic E-state index is 12.4. The van der Waals surface area contributed by atoms with Gasteiger partial charge in [-0.2, -0.15) is 0 Å². The largest absolute Gasteiger partial charge is 0.338 e. The highest BCUT2D eigenvalue weighted by Gasteiger charge is 2.26. The SMILES string of the molecule is CC(C)C(=O)Nc1nc(CC(=O)N2CCCCC2CN)cs1.Cl.Cl. The monoisotopic (exact) mass is 396 g/mol. The van der Waals surface area contributed by atoms with Crippen LogP contribution in [0, 0.1) is 5.92 Å². The molecule has 1 aromatic heterocycles. The quantitative estimate of drug-likeness (QED) is 0.799. The molecule has 0 bridgehead atoms. The first-order valence-electron chi connectivity index (χ1n) is 7.76. The molecule has 0 saturated carbocycles. The van der Waals surface area contributed by atoms with E-state index < -0.39 is 0 Å². The highest BCUT2D eigenvalue weighted by atomic mass is 35.5. The average Bonchev–Trinajstić information content (AvgIpc) is 2.94. The lowest BCUT2D eigenvalue weighted by Gasteiger charge is -2.35. The zero-order chi connectivity index (χ0) is 16.1. The van der Waals surface area contributed by atoms with Crippen molar-refractivity contribution in [2.75, 3.05) is 18.4 Å². The third kappa shape index (κ3) is 6.20. The predicted octanol–water partition coefficient (Wildman–Crippen LogP) is 2.46. The summed E-state index contributed by atoms with van der Waals surface area (Å²) in [4.78, 5) is 30.3. The third-order valence-electron chi connectivity index (χ3n) is 3.86. The highest BCUT2D eigenvalue weighted by Crippen LogP contribution is 2.20. The normalized spacial score (nSPS) is 17.0. The first kappa shape index (κ1) is 23.1. The number of carbonyl (C=O) groups is 2. The molecule has 2 heterocycles. The topological polar surface area (TPSA) is 88.3 Å². The summed E-state index contributed by atoms with van der Waals surface area (Å²) in [6.07, 6.45) is 3.42. The zero-order valence-electron chi connectivity index (χ0n) is 14.0. The Morgan fingerprint density at radius 1 is 1.42 bits per heavy atom. The molecule has 3 N–H and O–H groups in total. The van der Waals surface area contributed by atoms with E-state index in [0.717, 1.165) is 25.8 Å². The van der Waals surface area contributed by atoms with Gasteiger partial charge < -0.3 is 16.0 Å². The number of nitrogens with two attached hydrogens (primary N) is 1. The molecule has 0 aromatic carbocycles. The molecule has 0 aliphatic carbocycles. The molecule has 1 atom stereocenters. The van der Waals surface area contributed by atoms with Gasteiger partial charge in [0.2, 0.25) is 11.8 Å². The fourth-order valence-electron chi connectivity index (χ4n) is 2.53. The zero-order valence-corrected chi connectivity index (χ0v) is 16.4. The van der Waals surface area contributed by atoms with Crippen LogP contribution in [-0.2, 0) is 16.0 Å². The maximum Gasteiger partial charge on any atom is 0.228 e. The number of hydrogen-bond donors (Lipinski definition) is 2. The molecule has 6 nitrogen and oxygen atoms in total. The van der Waals surface area contributed by atoms with Crippen molar-refractivity contribution in [3.05, 3.63) is 11.1 Å². The Kier molecular flexibility index (Phi) is 10.5. The van der Waals surface area contributed by atoms with Crippen LogP contribution >= 0.6 is 36.2 Å². The maximum absolute atomic E-state index is 12.4. The molecule has 138 valence electrons. The molecule has 2 amide bonds. The summed E-state index contributed by atoms with van der Waals surface area (Å²) in [5.74, 6) is -0.0821. The van der Waals surface area contributed by atoms with Crippen LogP contribution in [0.2, 0.25) is 0 Å². The van der Waals surface area contributed by atoms with Gasteiger partial charge in [0.1, 0.15) is 0 Å². The number of nitrogens with one attached hydrogen (secondary N) is 1. The summed E-state index contributed by atoms with van der Waals surface area (Å²) in [6, 6.07) is 0.153. The van der Waals surface area contributed by atoms with Gasteiger partial charge in [0.05, 0.1) is 12.1 Å². The van der Waals surface area contributed by atoms with E-state index in [1.807, 2.05) is 24.1 Å². The summed E-state index contributed by atoms with van der Waals surface area (Å²) in [5.41, 5.74) is 6.46. The van der Waals surface area contributed by atoms with Gasteiger partial charge in [0, 0.05) is 30.4 Å². The van der Waals surface area contributed by atoms with Gasteiger partial charge in [0.15, 0.2) is 5.13 Å². The van der Waals surface area contributed by atoms with Gasteiger partial charge in [-0.3, -0.25) is 9.59 Å². The second-order valence-electron chi connectivity index (χ2n) is 5.94. The Morgan fingerprint density at radius 3 is 2.75 bits per heavy atom. The fraction of sp³-hybridized carbons (Fsp3) is 0.667. The van der Waals surface area contributed by atoms with E-state index in [1.165, 1.54) is 11.3 Å². The van der Waals surface area contributed by atoms with Crippen LogP contribution in [0.1, 0.15) is 38.8 Å². The molecule has 9 heteroatoms. The van der Waals surface area contributed by atoms with Crippen LogP contribution in [-0.4, -0.2) is 40.8 Å². The Hall–Kier alpha value is -0.890. The van der Waals surface area contributed by atoms with Crippen LogP contribution in [0.3, 0.4) is 0 Å². The van der Waals surface area contributed by atoms with Crippen molar-refractivity contribution < 1.29 is 9.59 Å². The highest BCUT2D eigenvalue weighted by molar-refractivity contribution is 7.13. The van der Waals surface area contributed by atoms with E-state index >= 15 is 0 Å². The fourth-order valence-corrected chi connectivity index (χ4v) is 3.24. The minimum absolute atomic E-state index is 0. The van der Waals surface area contributed by atoms with Crippen molar-refractivity contribution in [2.24, 2.45) is 11.7 Å². The minimum Gasteiger partial charge on any atom is -0.338 e. The lowest BCUT2D eigenvalue weighted by Crippen LogP contribution is -2.48. The van der Waals surface area contributed by atoms with Crippen LogP contribution in [0.15, 0.2) is 5.38 Å². The number of likely N-dealkylation sites (tertiary alicyclic amines) is 1. The standard InChI is InChI=1S/C15H24N4O2S.2ClH/c1-10(2)14(21)18-15-17-11(9-22-15)7-13(20)19-6-4-3-5-12(19)8-16;;/h9-10,12H,3-8,16H2,1-2H3,(H,17,18,21);2*1H. The lowest BCUT2D eigenvalue weighted by molar-refractivity contribution is -0.133. The number of halogens is 2. The van der Waals surface area contributed by atoms with Crippen LogP contribution in [0.25, 0.3) is 0 Å². The molecule has 1 unspecified atom stereocenters. The van der Waals surface area contributed by atoms with Gasteiger partial charge in [-0.15, -0.1) is 36.2 Å². The second-order valence-corrected chi connectivity index (χ2v) is 6.80. The first-order chi connectivity index (χ1) is 10.5. The minimum atomic E-state index is -0.0901. The summed E-state index contributed by atoms with van der Waals surface area (Å²) in [7, 11) is 0. The van der Waals surface area contributed by atoms with E-state index in [-0.39, 0.29) is 55.0 Å². The smallest absolute Gasteiger partial charge is 0.228 e. The number of nitrogens with zero attached hydrogens (tertiary/aromatic N) is 2. The van der Waals surface area contributed by atoms with Gasteiger partial charge in [0.25, 0.3) is 0 Å². The van der Waals surface area contributed by atoms with Crippen LogP contribution in [0.5, 0.6) is 0 Å². The molecule has 0 spiro atoms. The van der Waals surface area contributed by atoms with E-state index in [1.54, 1.807) is 0 Å². The molecule has 0 radical (unpaired) electrons. The van der Waals surface area contributed by atoms with Gasteiger partial charge >= 0.3 is 0 Å². The van der Waals surface area contributed by atoms with Crippen molar-refractivity contribution >= 4 is 53.1 Å². The van der Waals surface area contributed by atoms with Crippen molar-refractivity contribution in [1.29, 1.82) is 0 Å². The summed E-state index contributed by atoms with van der Waals surface area (Å²) >= 11 is 1.35. The molecule has 1 aliphatic heterocycles. The van der Waals surface area contributed by atoms with Gasteiger partial charge in [-0.25, -0.2) is 4.98 Å². The van der Waals surface area contributed by atoms with Crippen molar-refractivity contribution in [3.63, 3.8) is 0 Å². The molecule has 1 aliphatic rings. The molecule has 24 heavy (non-hydrogen) atoms. The number of aromatic nitrogens is 1. The molecule has 1 fully saturated rings. The van der Waals surface area contributed by atoms with Crippen molar-refractivity contribution in [2.45, 2.75) is 45.6 Å². The number of anilines is 1.